The average Bonchev–Trinajstić information content (AvgIpc) is 2.57. The maximum atomic E-state index is 5.56. The van der Waals surface area contributed by atoms with Crippen LogP contribution in [-0.4, -0.2) is 21.3 Å². The lowest BCUT2D eigenvalue weighted by Gasteiger charge is -2.01. The van der Waals surface area contributed by atoms with E-state index in [0.717, 1.165) is 23.1 Å². The third kappa shape index (κ3) is 1.80. The van der Waals surface area contributed by atoms with Crippen molar-refractivity contribution in [3.8, 4) is 0 Å². The third-order valence-corrected chi connectivity index (χ3v) is 2.74. The van der Waals surface area contributed by atoms with Crippen LogP contribution in [-0.2, 0) is 13.5 Å². The molecule has 0 bridgehead atoms. The molecule has 2 rings (SSSR count). The van der Waals surface area contributed by atoms with Crippen LogP contribution in [0.4, 0.5) is 0 Å². The first-order chi connectivity index (χ1) is 7.63. The topological polar surface area (TPSA) is 56.7 Å². The first-order valence-corrected chi connectivity index (χ1v) is 5.65. The summed E-state index contributed by atoms with van der Waals surface area (Å²) < 4.78 is 1.84. The number of aryl methyl sites for hydroxylation is 1. The summed E-state index contributed by atoms with van der Waals surface area (Å²) in [5, 5.41) is 5.67. The first-order valence-electron chi connectivity index (χ1n) is 5.65. The Bertz CT molecular complexity index is 499. The molecule has 0 aliphatic carbocycles. The fourth-order valence-corrected chi connectivity index (χ4v) is 1.94. The number of aromatic nitrogens is 3. The summed E-state index contributed by atoms with van der Waals surface area (Å²) in [6.45, 7) is 4.96. The second kappa shape index (κ2) is 4.22. The van der Waals surface area contributed by atoms with Gasteiger partial charge in [-0.05, 0) is 30.5 Å². The van der Waals surface area contributed by atoms with E-state index in [1.165, 1.54) is 5.56 Å². The van der Waals surface area contributed by atoms with Crippen molar-refractivity contribution in [2.45, 2.75) is 26.2 Å². The van der Waals surface area contributed by atoms with Crippen LogP contribution in [0.1, 0.15) is 31.0 Å². The molecule has 0 fully saturated rings. The quantitative estimate of drug-likeness (QED) is 0.851. The zero-order valence-electron chi connectivity index (χ0n) is 10.1. The summed E-state index contributed by atoms with van der Waals surface area (Å²) in [7, 11) is 1.93. The lowest BCUT2D eigenvalue weighted by atomic mass is 10.1. The largest absolute Gasteiger partial charge is 0.330 e. The van der Waals surface area contributed by atoms with Crippen molar-refractivity contribution in [2.24, 2.45) is 12.8 Å². The Morgan fingerprint density at radius 1 is 1.44 bits per heavy atom. The highest BCUT2D eigenvalue weighted by atomic mass is 15.3. The zero-order valence-corrected chi connectivity index (χ0v) is 10.1. The van der Waals surface area contributed by atoms with Crippen molar-refractivity contribution in [3.05, 3.63) is 23.5 Å². The summed E-state index contributed by atoms with van der Waals surface area (Å²) >= 11 is 0. The molecule has 0 aliphatic heterocycles. The molecule has 0 saturated carbocycles. The molecule has 2 aromatic rings. The van der Waals surface area contributed by atoms with E-state index >= 15 is 0 Å². The Hall–Kier alpha value is -1.42. The minimum atomic E-state index is 0.415. The molecular formula is C12H18N4. The summed E-state index contributed by atoms with van der Waals surface area (Å²) in [6, 6.07) is 2.16. The molecule has 2 N–H and O–H groups in total. The van der Waals surface area contributed by atoms with E-state index in [-0.39, 0.29) is 0 Å². The predicted octanol–water partition coefficient (Wildman–Crippen LogP) is 1.59. The van der Waals surface area contributed by atoms with Crippen molar-refractivity contribution in [1.82, 2.24) is 14.8 Å². The average molecular weight is 218 g/mol. The molecule has 0 amide bonds. The summed E-state index contributed by atoms with van der Waals surface area (Å²) in [5.74, 6) is 0.415. The molecular weight excluding hydrogens is 200 g/mol. The maximum absolute atomic E-state index is 5.56. The molecule has 0 aromatic carbocycles. The smallest absolute Gasteiger partial charge is 0.157 e. The summed E-state index contributed by atoms with van der Waals surface area (Å²) in [5.41, 5.74) is 8.81. The van der Waals surface area contributed by atoms with E-state index in [4.69, 9.17) is 5.73 Å². The monoisotopic (exact) mass is 218 g/mol. The van der Waals surface area contributed by atoms with Crippen molar-refractivity contribution in [3.63, 3.8) is 0 Å². The van der Waals surface area contributed by atoms with Gasteiger partial charge in [0.25, 0.3) is 0 Å². The van der Waals surface area contributed by atoms with Gasteiger partial charge in [-0.15, -0.1) is 0 Å². The zero-order chi connectivity index (χ0) is 11.7. The third-order valence-electron chi connectivity index (χ3n) is 2.74. The van der Waals surface area contributed by atoms with Gasteiger partial charge in [-0.2, -0.15) is 5.10 Å². The van der Waals surface area contributed by atoms with Crippen LogP contribution >= 0.6 is 0 Å². The predicted molar refractivity (Wildman–Crippen MR) is 65.4 cm³/mol. The van der Waals surface area contributed by atoms with Gasteiger partial charge < -0.3 is 5.73 Å². The SMILES string of the molecule is CC(C)c1nn(C)c2ncc(CCN)cc12. The van der Waals surface area contributed by atoms with Crippen molar-refractivity contribution < 1.29 is 0 Å². The number of pyridine rings is 1. The summed E-state index contributed by atoms with van der Waals surface area (Å²) in [4.78, 5) is 4.45. The molecule has 4 nitrogen and oxygen atoms in total. The normalized spacial score (nSPS) is 11.6. The van der Waals surface area contributed by atoms with Crippen LogP contribution in [0.5, 0.6) is 0 Å². The molecule has 0 atom stereocenters. The van der Waals surface area contributed by atoms with E-state index < -0.39 is 0 Å². The van der Waals surface area contributed by atoms with E-state index in [0.29, 0.717) is 12.5 Å². The molecule has 0 aliphatic rings. The van der Waals surface area contributed by atoms with E-state index in [2.05, 4.69) is 30.0 Å². The number of nitrogens with zero attached hydrogens (tertiary/aromatic N) is 3. The van der Waals surface area contributed by atoms with Crippen LogP contribution in [0.2, 0.25) is 0 Å². The molecule has 2 aromatic heterocycles. The van der Waals surface area contributed by atoms with Crippen molar-refractivity contribution in [1.29, 1.82) is 0 Å². The number of hydrogen-bond donors (Lipinski definition) is 1. The fraction of sp³-hybridized carbons (Fsp3) is 0.500. The standard InChI is InChI=1S/C12H18N4/c1-8(2)11-10-6-9(4-5-13)7-14-12(10)16(3)15-11/h6-8H,4-5,13H2,1-3H3. The van der Waals surface area contributed by atoms with Gasteiger partial charge in [-0.3, -0.25) is 4.68 Å². The van der Waals surface area contributed by atoms with E-state index in [1.807, 2.05) is 17.9 Å². The molecule has 0 spiro atoms. The molecule has 2 heterocycles. The van der Waals surface area contributed by atoms with Gasteiger partial charge >= 0.3 is 0 Å². The molecule has 0 radical (unpaired) electrons. The van der Waals surface area contributed by atoms with Crippen LogP contribution in [0.3, 0.4) is 0 Å². The molecule has 86 valence electrons. The Labute approximate surface area is 95.5 Å². The van der Waals surface area contributed by atoms with Crippen LogP contribution in [0.25, 0.3) is 11.0 Å². The molecule has 0 unspecified atom stereocenters. The molecule has 0 saturated heterocycles. The first kappa shape index (κ1) is 11.1. The Morgan fingerprint density at radius 2 is 2.19 bits per heavy atom. The second-order valence-corrected chi connectivity index (χ2v) is 4.42. The number of rotatable bonds is 3. The van der Waals surface area contributed by atoms with Gasteiger partial charge in [-0.1, -0.05) is 13.8 Å². The fourth-order valence-electron chi connectivity index (χ4n) is 1.94. The summed E-state index contributed by atoms with van der Waals surface area (Å²) in [6.07, 6.45) is 2.76. The van der Waals surface area contributed by atoms with Gasteiger partial charge in [0, 0.05) is 18.6 Å². The lowest BCUT2D eigenvalue weighted by molar-refractivity contribution is 0.724. The van der Waals surface area contributed by atoms with Gasteiger partial charge in [-0.25, -0.2) is 4.98 Å². The highest BCUT2D eigenvalue weighted by molar-refractivity contribution is 5.79. The highest BCUT2D eigenvalue weighted by Crippen LogP contribution is 2.23. The highest BCUT2D eigenvalue weighted by Gasteiger charge is 2.12. The van der Waals surface area contributed by atoms with E-state index in [9.17, 15) is 0 Å². The van der Waals surface area contributed by atoms with Gasteiger partial charge in [0.15, 0.2) is 5.65 Å². The number of fused-ring (bicyclic) bond motifs is 1. The molecule has 16 heavy (non-hydrogen) atoms. The Kier molecular flexibility index (Phi) is 2.92. The van der Waals surface area contributed by atoms with Gasteiger partial charge in [0.2, 0.25) is 0 Å². The maximum Gasteiger partial charge on any atom is 0.157 e. The number of nitrogens with two attached hydrogens (primary N) is 1. The van der Waals surface area contributed by atoms with Crippen molar-refractivity contribution >= 4 is 11.0 Å². The molecule has 4 heteroatoms. The van der Waals surface area contributed by atoms with Crippen LogP contribution in [0, 0.1) is 0 Å². The van der Waals surface area contributed by atoms with Crippen LogP contribution < -0.4 is 5.73 Å². The lowest BCUT2D eigenvalue weighted by Crippen LogP contribution is -2.03. The van der Waals surface area contributed by atoms with E-state index in [1.54, 1.807) is 0 Å². The van der Waals surface area contributed by atoms with Gasteiger partial charge in [0.05, 0.1) is 5.69 Å². The minimum absolute atomic E-state index is 0.415. The number of hydrogen-bond acceptors (Lipinski definition) is 3. The second-order valence-electron chi connectivity index (χ2n) is 4.42. The van der Waals surface area contributed by atoms with Gasteiger partial charge in [0.1, 0.15) is 0 Å². The Balaban J connectivity index is 2.60. The van der Waals surface area contributed by atoms with Crippen molar-refractivity contribution in [2.75, 3.05) is 6.54 Å². The Morgan fingerprint density at radius 3 is 2.81 bits per heavy atom. The van der Waals surface area contributed by atoms with Crippen LogP contribution in [0.15, 0.2) is 12.3 Å². The minimum Gasteiger partial charge on any atom is -0.330 e.